The third kappa shape index (κ3) is 4.74. The molecule has 2 heterocycles. The molecule has 1 saturated heterocycles. The van der Waals surface area contributed by atoms with Gasteiger partial charge in [-0.05, 0) is 56.2 Å². The maximum Gasteiger partial charge on any atom is 0.274 e. The van der Waals surface area contributed by atoms with Gasteiger partial charge in [0.2, 0.25) is 0 Å². The molecule has 5 heteroatoms. The van der Waals surface area contributed by atoms with Gasteiger partial charge in [0.25, 0.3) is 5.91 Å². The largest absolute Gasteiger partial charge is 0.337 e. The van der Waals surface area contributed by atoms with E-state index in [0.717, 1.165) is 58.2 Å². The number of aromatic nitrogens is 2. The van der Waals surface area contributed by atoms with Crippen LogP contribution >= 0.6 is 0 Å². The summed E-state index contributed by atoms with van der Waals surface area (Å²) in [6, 6.07) is 22.0. The van der Waals surface area contributed by atoms with E-state index in [1.807, 2.05) is 16.6 Å². The molecule has 0 bridgehead atoms. The van der Waals surface area contributed by atoms with Crippen molar-refractivity contribution in [2.75, 3.05) is 19.6 Å². The van der Waals surface area contributed by atoms with Crippen LogP contribution in [0.15, 0.2) is 60.7 Å². The van der Waals surface area contributed by atoms with Crippen molar-refractivity contribution in [2.24, 2.45) is 7.05 Å². The van der Waals surface area contributed by atoms with E-state index in [1.165, 1.54) is 22.4 Å². The van der Waals surface area contributed by atoms with Crippen LogP contribution in [0.4, 0.5) is 0 Å². The average molecular weight is 443 g/mol. The molecule has 1 aromatic heterocycles. The molecular formula is C28H34N4O. The van der Waals surface area contributed by atoms with Gasteiger partial charge in [0.1, 0.15) is 0 Å². The Labute approximate surface area is 196 Å². The molecule has 1 aliphatic heterocycles. The normalized spacial score (nSPS) is 18.0. The van der Waals surface area contributed by atoms with Crippen molar-refractivity contribution in [2.45, 2.75) is 50.5 Å². The van der Waals surface area contributed by atoms with Crippen LogP contribution in [0.1, 0.15) is 64.5 Å². The van der Waals surface area contributed by atoms with Crippen molar-refractivity contribution in [3.8, 4) is 0 Å². The molecule has 0 saturated carbocycles. The first-order valence-corrected chi connectivity index (χ1v) is 12.4. The molecule has 1 N–H and O–H groups in total. The Kier molecular flexibility index (Phi) is 6.58. The second-order valence-electron chi connectivity index (χ2n) is 9.45. The summed E-state index contributed by atoms with van der Waals surface area (Å²) in [6.07, 6.45) is 6.21. The maximum absolute atomic E-state index is 13.1. The molecule has 2 aliphatic rings. The van der Waals surface area contributed by atoms with Crippen molar-refractivity contribution in [1.82, 2.24) is 20.0 Å². The zero-order chi connectivity index (χ0) is 22.6. The highest BCUT2D eigenvalue weighted by Crippen LogP contribution is 2.29. The van der Waals surface area contributed by atoms with Gasteiger partial charge in [-0.15, -0.1) is 0 Å². The minimum Gasteiger partial charge on any atom is -0.337 e. The lowest BCUT2D eigenvalue weighted by Gasteiger charge is -2.26. The second-order valence-corrected chi connectivity index (χ2v) is 9.45. The van der Waals surface area contributed by atoms with Gasteiger partial charge in [-0.25, -0.2) is 0 Å². The predicted octanol–water partition coefficient (Wildman–Crippen LogP) is 4.33. The molecule has 5 nitrogen and oxygen atoms in total. The molecule has 1 amide bonds. The summed E-state index contributed by atoms with van der Waals surface area (Å²) >= 11 is 0. The van der Waals surface area contributed by atoms with Gasteiger partial charge >= 0.3 is 0 Å². The zero-order valence-corrected chi connectivity index (χ0v) is 19.5. The molecule has 0 spiro atoms. The lowest BCUT2D eigenvalue weighted by molar-refractivity contribution is 0.0785. The van der Waals surface area contributed by atoms with Gasteiger partial charge in [0, 0.05) is 43.4 Å². The number of nitrogens with one attached hydrogen (secondary N) is 1. The van der Waals surface area contributed by atoms with E-state index < -0.39 is 0 Å². The molecule has 3 aromatic rings. The Balaban J connectivity index is 1.26. The quantitative estimate of drug-likeness (QED) is 0.593. The number of likely N-dealkylation sites (tertiary alicyclic amines) is 1. The Hall–Kier alpha value is -2.92. The molecule has 1 unspecified atom stereocenters. The van der Waals surface area contributed by atoms with Gasteiger partial charge in [-0.1, -0.05) is 60.7 Å². The van der Waals surface area contributed by atoms with E-state index in [-0.39, 0.29) is 5.91 Å². The predicted molar refractivity (Wildman–Crippen MR) is 132 cm³/mol. The first-order valence-electron chi connectivity index (χ1n) is 12.4. The molecule has 1 aliphatic carbocycles. The molecule has 2 aromatic carbocycles. The van der Waals surface area contributed by atoms with E-state index in [4.69, 9.17) is 0 Å². The summed E-state index contributed by atoms with van der Waals surface area (Å²) in [7, 11) is 1.98. The first kappa shape index (κ1) is 21.9. The second kappa shape index (κ2) is 9.92. The smallest absolute Gasteiger partial charge is 0.274 e. The molecule has 172 valence electrons. The number of carbonyl (C=O) groups is 1. The topological polar surface area (TPSA) is 50.2 Å². The van der Waals surface area contributed by atoms with Gasteiger partial charge in [-0.2, -0.15) is 5.10 Å². The van der Waals surface area contributed by atoms with E-state index in [0.29, 0.717) is 17.7 Å². The third-order valence-electron chi connectivity index (χ3n) is 7.32. The fourth-order valence-electron chi connectivity index (χ4n) is 5.53. The number of hydrogen-bond donors (Lipinski definition) is 1. The van der Waals surface area contributed by atoms with Gasteiger partial charge in [0.15, 0.2) is 5.69 Å². The summed E-state index contributed by atoms with van der Waals surface area (Å²) in [5, 5.41) is 8.47. The lowest BCUT2D eigenvalue weighted by Crippen LogP contribution is -2.37. The molecule has 5 rings (SSSR count). The molecular weight excluding hydrogens is 408 g/mol. The van der Waals surface area contributed by atoms with E-state index in [9.17, 15) is 4.79 Å². The van der Waals surface area contributed by atoms with E-state index >= 15 is 0 Å². The SMILES string of the molecule is Cn1nc(C(=O)N2CCCC2)c2c1CCC(NCCC(c1ccccc1)c1ccccc1)C2. The number of hydrogen-bond acceptors (Lipinski definition) is 3. The highest BCUT2D eigenvalue weighted by atomic mass is 16.2. The van der Waals surface area contributed by atoms with Gasteiger partial charge in [0.05, 0.1) is 0 Å². The fourth-order valence-corrected chi connectivity index (χ4v) is 5.53. The average Bonchev–Trinajstić information content (AvgIpc) is 3.51. The minimum atomic E-state index is 0.123. The minimum absolute atomic E-state index is 0.123. The van der Waals surface area contributed by atoms with Crippen molar-refractivity contribution >= 4 is 5.91 Å². The number of benzene rings is 2. The zero-order valence-electron chi connectivity index (χ0n) is 19.5. The lowest BCUT2D eigenvalue weighted by atomic mass is 9.87. The highest BCUT2D eigenvalue weighted by molar-refractivity contribution is 5.94. The molecule has 1 fully saturated rings. The van der Waals surface area contributed by atoms with Crippen LogP contribution in [0.5, 0.6) is 0 Å². The Bertz CT molecular complexity index is 1030. The van der Waals surface area contributed by atoms with Crippen molar-refractivity contribution < 1.29 is 4.79 Å². The summed E-state index contributed by atoms with van der Waals surface area (Å²) in [5.41, 5.74) is 5.82. The molecule has 0 radical (unpaired) electrons. The summed E-state index contributed by atoms with van der Waals surface area (Å²) in [4.78, 5) is 15.1. The van der Waals surface area contributed by atoms with Gasteiger partial charge in [-0.3, -0.25) is 9.48 Å². The highest BCUT2D eigenvalue weighted by Gasteiger charge is 2.31. The van der Waals surface area contributed by atoms with E-state index in [2.05, 4.69) is 71.1 Å². The standard InChI is InChI=1S/C28H34N4O/c1-31-26-15-14-23(20-25(26)27(30-31)28(33)32-18-8-9-19-32)29-17-16-24(21-10-4-2-5-11-21)22-12-6-3-7-13-22/h2-7,10-13,23-24,29H,8-9,14-20H2,1H3. The van der Waals surface area contributed by atoms with Gasteiger partial charge < -0.3 is 10.2 Å². The Morgan fingerprint density at radius 2 is 1.67 bits per heavy atom. The summed E-state index contributed by atoms with van der Waals surface area (Å²) < 4.78 is 1.94. The summed E-state index contributed by atoms with van der Waals surface area (Å²) in [6.45, 7) is 2.68. The fraction of sp³-hybridized carbons (Fsp3) is 0.429. The first-order chi connectivity index (χ1) is 16.2. The summed E-state index contributed by atoms with van der Waals surface area (Å²) in [5.74, 6) is 0.503. The van der Waals surface area contributed by atoms with Crippen LogP contribution < -0.4 is 5.32 Å². The van der Waals surface area contributed by atoms with Crippen molar-refractivity contribution in [1.29, 1.82) is 0 Å². The van der Waals surface area contributed by atoms with Crippen LogP contribution in [0.25, 0.3) is 0 Å². The Morgan fingerprint density at radius 3 is 2.30 bits per heavy atom. The number of aryl methyl sites for hydroxylation is 1. The number of fused-ring (bicyclic) bond motifs is 1. The van der Waals surface area contributed by atoms with Crippen molar-refractivity contribution in [3.05, 3.63) is 88.7 Å². The number of carbonyl (C=O) groups excluding carboxylic acids is 1. The van der Waals surface area contributed by atoms with Crippen molar-refractivity contribution in [3.63, 3.8) is 0 Å². The number of nitrogens with zero attached hydrogens (tertiary/aromatic N) is 3. The van der Waals surface area contributed by atoms with Crippen LogP contribution in [0.2, 0.25) is 0 Å². The number of amides is 1. The van der Waals surface area contributed by atoms with Crippen LogP contribution in [-0.2, 0) is 19.9 Å². The monoisotopic (exact) mass is 442 g/mol. The third-order valence-corrected chi connectivity index (χ3v) is 7.32. The molecule has 1 atom stereocenters. The maximum atomic E-state index is 13.1. The van der Waals surface area contributed by atoms with Crippen LogP contribution in [0, 0.1) is 0 Å². The van der Waals surface area contributed by atoms with Crippen LogP contribution in [0.3, 0.4) is 0 Å². The van der Waals surface area contributed by atoms with Crippen LogP contribution in [-0.4, -0.2) is 46.3 Å². The molecule has 33 heavy (non-hydrogen) atoms. The Morgan fingerprint density at radius 1 is 1.03 bits per heavy atom. The number of rotatable bonds is 7. The van der Waals surface area contributed by atoms with E-state index in [1.54, 1.807) is 0 Å².